The molecule has 4 heteroatoms. The van der Waals surface area contributed by atoms with E-state index in [-0.39, 0.29) is 18.1 Å². The number of benzene rings is 1. The molecule has 0 heterocycles. The number of nitrogens with one attached hydrogen (secondary N) is 1. The first-order chi connectivity index (χ1) is 7.11. The number of carbonyl (C=O) groups excluding carboxylic acids is 1. The first kappa shape index (κ1) is 12.1. The van der Waals surface area contributed by atoms with Gasteiger partial charge in [0, 0.05) is 4.90 Å². The molecule has 0 atom stereocenters. The Kier molecular flexibility index (Phi) is 4.17. The molecule has 0 aromatic heterocycles. The Bertz CT molecular complexity index is 377. The van der Waals surface area contributed by atoms with Gasteiger partial charge in [-0.25, -0.2) is 0 Å². The van der Waals surface area contributed by atoms with Crippen molar-refractivity contribution in [3.8, 4) is 5.75 Å². The number of thioether (sulfide) groups is 1. The van der Waals surface area contributed by atoms with Crippen LogP contribution in [0.4, 0.5) is 0 Å². The molecule has 0 spiro atoms. The SMILES string of the molecule is CNCC(=O)c1c(SC)ccc(C)c1O. The molecule has 0 fully saturated rings. The number of phenolic OH excluding ortho intramolecular Hbond substituents is 1. The van der Waals surface area contributed by atoms with Gasteiger partial charge in [-0.2, -0.15) is 0 Å². The highest BCUT2D eigenvalue weighted by Gasteiger charge is 2.16. The number of carbonyl (C=O) groups is 1. The predicted octanol–water partition coefficient (Wildman–Crippen LogP) is 1.82. The summed E-state index contributed by atoms with van der Waals surface area (Å²) in [7, 11) is 1.71. The van der Waals surface area contributed by atoms with Gasteiger partial charge in [-0.3, -0.25) is 4.79 Å². The molecule has 0 saturated heterocycles. The lowest BCUT2D eigenvalue weighted by Crippen LogP contribution is -2.19. The third kappa shape index (κ3) is 2.52. The molecule has 0 aliphatic carbocycles. The minimum absolute atomic E-state index is 0.0805. The summed E-state index contributed by atoms with van der Waals surface area (Å²) in [4.78, 5) is 12.6. The normalized spacial score (nSPS) is 10.3. The van der Waals surface area contributed by atoms with Gasteiger partial charge in [-0.15, -0.1) is 11.8 Å². The molecule has 1 rings (SSSR count). The number of hydrogen-bond donors (Lipinski definition) is 2. The summed E-state index contributed by atoms with van der Waals surface area (Å²) in [6.07, 6.45) is 1.89. The van der Waals surface area contributed by atoms with Gasteiger partial charge in [0.15, 0.2) is 5.78 Å². The molecule has 0 unspecified atom stereocenters. The molecule has 0 aliphatic rings. The standard InChI is InChI=1S/C11H15NO2S/c1-7-4-5-9(15-3)10(11(7)14)8(13)6-12-2/h4-5,12,14H,6H2,1-3H3. The van der Waals surface area contributed by atoms with Gasteiger partial charge in [0.2, 0.25) is 0 Å². The summed E-state index contributed by atoms with van der Waals surface area (Å²) in [5.74, 6) is 0.0187. The third-order valence-corrected chi connectivity index (χ3v) is 2.96. The van der Waals surface area contributed by atoms with Crippen LogP contribution in [0.15, 0.2) is 17.0 Å². The van der Waals surface area contributed by atoms with E-state index in [0.29, 0.717) is 5.56 Å². The van der Waals surface area contributed by atoms with Gasteiger partial charge < -0.3 is 10.4 Å². The van der Waals surface area contributed by atoms with Crippen molar-refractivity contribution in [2.45, 2.75) is 11.8 Å². The van der Waals surface area contributed by atoms with E-state index in [4.69, 9.17) is 0 Å². The maximum Gasteiger partial charge on any atom is 0.181 e. The molecule has 0 amide bonds. The van der Waals surface area contributed by atoms with Gasteiger partial charge in [0.25, 0.3) is 0 Å². The van der Waals surface area contributed by atoms with Crippen LogP contribution in [0.3, 0.4) is 0 Å². The number of phenols is 1. The summed E-state index contributed by atoms with van der Waals surface area (Å²) in [5.41, 5.74) is 1.16. The fourth-order valence-electron chi connectivity index (χ4n) is 1.37. The van der Waals surface area contributed by atoms with Crippen LogP contribution in [0.5, 0.6) is 5.75 Å². The summed E-state index contributed by atoms with van der Waals surface area (Å²) >= 11 is 1.46. The van der Waals surface area contributed by atoms with Crippen LogP contribution in [0, 0.1) is 6.92 Å². The van der Waals surface area contributed by atoms with E-state index in [0.717, 1.165) is 10.5 Å². The lowest BCUT2D eigenvalue weighted by atomic mass is 10.1. The lowest BCUT2D eigenvalue weighted by Gasteiger charge is -2.10. The maximum absolute atomic E-state index is 11.8. The third-order valence-electron chi connectivity index (χ3n) is 2.18. The second-order valence-electron chi connectivity index (χ2n) is 3.26. The van der Waals surface area contributed by atoms with Crippen LogP contribution in [-0.2, 0) is 0 Å². The smallest absolute Gasteiger partial charge is 0.181 e. The Morgan fingerprint density at radius 3 is 2.73 bits per heavy atom. The average molecular weight is 225 g/mol. The summed E-state index contributed by atoms with van der Waals surface area (Å²) in [6.45, 7) is 2.03. The molecule has 1 aromatic carbocycles. The molecule has 3 nitrogen and oxygen atoms in total. The molecule has 1 aromatic rings. The van der Waals surface area contributed by atoms with Crippen molar-refractivity contribution >= 4 is 17.5 Å². The van der Waals surface area contributed by atoms with E-state index in [2.05, 4.69) is 5.32 Å². The highest BCUT2D eigenvalue weighted by atomic mass is 32.2. The van der Waals surface area contributed by atoms with E-state index >= 15 is 0 Å². The molecule has 0 saturated carbocycles. The Hall–Kier alpha value is -1.00. The van der Waals surface area contributed by atoms with Crippen molar-refractivity contribution in [1.82, 2.24) is 5.32 Å². The van der Waals surface area contributed by atoms with Crippen LogP contribution >= 0.6 is 11.8 Å². The van der Waals surface area contributed by atoms with Gasteiger partial charge in [0.1, 0.15) is 5.75 Å². The molecular weight excluding hydrogens is 210 g/mol. The lowest BCUT2D eigenvalue weighted by molar-refractivity contribution is 0.0988. The van der Waals surface area contributed by atoms with Crippen molar-refractivity contribution in [3.63, 3.8) is 0 Å². The van der Waals surface area contributed by atoms with Gasteiger partial charge in [-0.05, 0) is 31.9 Å². The van der Waals surface area contributed by atoms with Gasteiger partial charge in [-0.1, -0.05) is 6.07 Å². The first-order valence-corrected chi connectivity index (χ1v) is 5.88. The average Bonchev–Trinajstić information content (AvgIpc) is 2.22. The van der Waals surface area contributed by atoms with Crippen LogP contribution in [-0.4, -0.2) is 30.7 Å². The van der Waals surface area contributed by atoms with Crippen LogP contribution in [0.25, 0.3) is 0 Å². The summed E-state index contributed by atoms with van der Waals surface area (Å²) < 4.78 is 0. The Balaban J connectivity index is 3.23. The van der Waals surface area contributed by atoms with E-state index in [1.807, 2.05) is 18.4 Å². The highest BCUT2D eigenvalue weighted by Crippen LogP contribution is 2.31. The zero-order valence-corrected chi connectivity index (χ0v) is 9.94. The Morgan fingerprint density at radius 1 is 1.53 bits per heavy atom. The molecule has 15 heavy (non-hydrogen) atoms. The predicted molar refractivity (Wildman–Crippen MR) is 62.9 cm³/mol. The van der Waals surface area contributed by atoms with Crippen molar-refractivity contribution in [3.05, 3.63) is 23.3 Å². The minimum atomic E-state index is -0.0805. The molecule has 0 bridgehead atoms. The van der Waals surface area contributed by atoms with E-state index in [1.165, 1.54) is 11.8 Å². The zero-order chi connectivity index (χ0) is 11.4. The number of ketones is 1. The van der Waals surface area contributed by atoms with Crippen molar-refractivity contribution in [2.75, 3.05) is 19.8 Å². The number of likely N-dealkylation sites (N-methyl/N-ethyl adjacent to an activating group) is 1. The van der Waals surface area contributed by atoms with Gasteiger partial charge in [0.05, 0.1) is 12.1 Å². The maximum atomic E-state index is 11.8. The fraction of sp³-hybridized carbons (Fsp3) is 0.364. The zero-order valence-electron chi connectivity index (χ0n) is 9.13. The number of Topliss-reactive ketones (excluding diaryl/α,β-unsaturated/α-hetero) is 1. The number of aromatic hydroxyl groups is 1. The van der Waals surface area contributed by atoms with E-state index < -0.39 is 0 Å². The van der Waals surface area contributed by atoms with Crippen molar-refractivity contribution < 1.29 is 9.90 Å². The second kappa shape index (κ2) is 5.19. The van der Waals surface area contributed by atoms with Gasteiger partial charge >= 0.3 is 0 Å². The number of hydrogen-bond acceptors (Lipinski definition) is 4. The van der Waals surface area contributed by atoms with Crippen LogP contribution in [0.1, 0.15) is 15.9 Å². The first-order valence-electron chi connectivity index (χ1n) is 4.66. The topological polar surface area (TPSA) is 49.3 Å². The number of rotatable bonds is 4. The highest BCUT2D eigenvalue weighted by molar-refractivity contribution is 7.98. The molecule has 0 radical (unpaired) electrons. The van der Waals surface area contributed by atoms with Crippen LogP contribution in [0.2, 0.25) is 0 Å². The summed E-state index contributed by atoms with van der Waals surface area (Å²) in [5, 5.41) is 12.6. The monoisotopic (exact) mass is 225 g/mol. The van der Waals surface area contributed by atoms with E-state index in [9.17, 15) is 9.90 Å². The fourth-order valence-corrected chi connectivity index (χ4v) is 1.98. The second-order valence-corrected chi connectivity index (χ2v) is 4.11. The molecule has 0 aliphatic heterocycles. The largest absolute Gasteiger partial charge is 0.507 e. The summed E-state index contributed by atoms with van der Waals surface area (Å²) in [6, 6.07) is 3.68. The van der Waals surface area contributed by atoms with E-state index in [1.54, 1.807) is 14.0 Å². The minimum Gasteiger partial charge on any atom is -0.507 e. The Labute approximate surface area is 93.9 Å². The molecule has 2 N–H and O–H groups in total. The van der Waals surface area contributed by atoms with Crippen molar-refractivity contribution in [1.29, 1.82) is 0 Å². The quantitative estimate of drug-likeness (QED) is 0.606. The molecular formula is C11H15NO2S. The molecule has 82 valence electrons. The van der Waals surface area contributed by atoms with Crippen molar-refractivity contribution in [2.24, 2.45) is 0 Å². The Morgan fingerprint density at radius 2 is 2.20 bits per heavy atom. The van der Waals surface area contributed by atoms with Crippen LogP contribution < -0.4 is 5.32 Å². The number of aryl methyl sites for hydroxylation is 1.